The molecule has 0 radical (unpaired) electrons. The number of pyridine rings is 1. The van der Waals surface area contributed by atoms with Crippen LogP contribution in [-0.2, 0) is 11.8 Å². The molecule has 1 aliphatic carbocycles. The zero-order valence-corrected chi connectivity index (χ0v) is 12.2. The van der Waals surface area contributed by atoms with E-state index in [4.69, 9.17) is 0 Å². The van der Waals surface area contributed by atoms with Crippen LogP contribution in [0.4, 0.5) is 0 Å². The van der Waals surface area contributed by atoms with Gasteiger partial charge in [-0.15, -0.1) is 0 Å². The fraction of sp³-hybridized carbons (Fsp3) is 0.389. The summed E-state index contributed by atoms with van der Waals surface area (Å²) in [6.07, 6.45) is 7.47. The van der Waals surface area contributed by atoms with E-state index < -0.39 is 0 Å². The predicted molar refractivity (Wildman–Crippen MR) is 81.4 cm³/mol. The number of hydrogen-bond donors (Lipinski definition) is 0. The summed E-state index contributed by atoms with van der Waals surface area (Å²) in [7, 11) is 0. The third-order valence-electron chi connectivity index (χ3n) is 3.80. The van der Waals surface area contributed by atoms with Gasteiger partial charge in [0.15, 0.2) is 0 Å². The van der Waals surface area contributed by atoms with Gasteiger partial charge in [-0.05, 0) is 54.9 Å². The van der Waals surface area contributed by atoms with E-state index in [0.29, 0.717) is 5.41 Å². The fourth-order valence-corrected chi connectivity index (χ4v) is 2.76. The molecule has 1 nitrogen and oxygen atoms in total. The monoisotopic (exact) mass is 253 g/mol. The van der Waals surface area contributed by atoms with Crippen LogP contribution >= 0.6 is 0 Å². The number of rotatable bonds is 0. The lowest BCUT2D eigenvalue weighted by Crippen LogP contribution is -2.23. The molecule has 0 fully saturated rings. The lowest BCUT2D eigenvalue weighted by Gasteiger charge is -2.32. The van der Waals surface area contributed by atoms with Crippen molar-refractivity contribution in [2.75, 3.05) is 0 Å². The molecule has 1 heteroatoms. The van der Waals surface area contributed by atoms with Crippen molar-refractivity contribution in [3.63, 3.8) is 0 Å². The van der Waals surface area contributed by atoms with E-state index in [0.717, 1.165) is 0 Å². The van der Waals surface area contributed by atoms with Gasteiger partial charge >= 0.3 is 0 Å². The maximum Gasteiger partial charge on any atom is 0.0267 e. The van der Waals surface area contributed by atoms with Crippen molar-refractivity contribution in [2.45, 2.75) is 45.4 Å². The summed E-state index contributed by atoms with van der Waals surface area (Å²) in [4.78, 5) is 3.78. The highest BCUT2D eigenvalue weighted by atomic mass is 14.6. The maximum absolute atomic E-state index is 3.78. The second-order valence-electron chi connectivity index (χ2n) is 5.92. The summed E-state index contributed by atoms with van der Waals surface area (Å²) >= 11 is 0. The number of aromatic nitrogens is 1. The van der Waals surface area contributed by atoms with Gasteiger partial charge in [-0.2, -0.15) is 0 Å². The molecule has 0 spiro atoms. The first kappa shape index (κ1) is 13.8. The average molecular weight is 253 g/mol. The van der Waals surface area contributed by atoms with Gasteiger partial charge in [-0.25, -0.2) is 0 Å². The molecule has 0 saturated carbocycles. The molecule has 0 unspecified atom stereocenters. The summed E-state index contributed by atoms with van der Waals surface area (Å²) in [5.41, 5.74) is 4.96. The molecule has 0 saturated heterocycles. The summed E-state index contributed by atoms with van der Waals surface area (Å²) in [5.74, 6) is 0. The van der Waals surface area contributed by atoms with Gasteiger partial charge in [0, 0.05) is 12.4 Å². The first-order valence-corrected chi connectivity index (χ1v) is 7.04. The molecule has 3 rings (SSSR count). The smallest absolute Gasteiger partial charge is 0.0267 e. The van der Waals surface area contributed by atoms with Gasteiger partial charge in [0.2, 0.25) is 0 Å². The molecule has 1 aromatic heterocycles. The van der Waals surface area contributed by atoms with Crippen LogP contribution in [0.3, 0.4) is 0 Å². The molecule has 0 amide bonds. The normalized spacial score (nSPS) is 15.9. The lowest BCUT2D eigenvalue weighted by atomic mass is 9.72. The van der Waals surface area contributed by atoms with Gasteiger partial charge in [0.1, 0.15) is 0 Å². The van der Waals surface area contributed by atoms with Gasteiger partial charge < -0.3 is 0 Å². The Balaban J connectivity index is 0.000000186. The fourth-order valence-electron chi connectivity index (χ4n) is 2.76. The minimum absolute atomic E-state index is 0.404. The molecule has 0 bridgehead atoms. The summed E-state index contributed by atoms with van der Waals surface area (Å²) < 4.78 is 0. The number of hydrogen-bond acceptors (Lipinski definition) is 1. The minimum Gasteiger partial charge on any atom is -0.265 e. The van der Waals surface area contributed by atoms with Crippen LogP contribution in [0.1, 0.15) is 43.4 Å². The lowest BCUT2D eigenvalue weighted by molar-refractivity contribution is 0.432. The topological polar surface area (TPSA) is 12.9 Å². The number of nitrogens with zero attached hydrogens (tertiary/aromatic N) is 1. The largest absolute Gasteiger partial charge is 0.265 e. The van der Waals surface area contributed by atoms with Crippen LogP contribution in [0.25, 0.3) is 0 Å². The van der Waals surface area contributed by atoms with Crippen molar-refractivity contribution in [3.05, 3.63) is 65.5 Å². The molecular weight excluding hydrogens is 230 g/mol. The van der Waals surface area contributed by atoms with E-state index in [1.807, 2.05) is 18.2 Å². The molecule has 19 heavy (non-hydrogen) atoms. The molecule has 1 aliphatic rings. The van der Waals surface area contributed by atoms with E-state index in [9.17, 15) is 0 Å². The molecular formula is C18H23N. The second kappa shape index (κ2) is 6.01. The number of benzene rings is 1. The Kier molecular flexibility index (Phi) is 4.36. The molecule has 0 aliphatic heterocycles. The first-order valence-electron chi connectivity index (χ1n) is 7.04. The van der Waals surface area contributed by atoms with Crippen molar-refractivity contribution < 1.29 is 0 Å². The molecule has 1 aromatic carbocycles. The SMILES string of the molecule is Cc1ccc2c(c1)CCCC2(C)C.c1ccncc1. The van der Waals surface area contributed by atoms with Crippen molar-refractivity contribution in [2.24, 2.45) is 0 Å². The molecule has 1 heterocycles. The Labute approximate surface area is 116 Å². The molecule has 0 N–H and O–H groups in total. The van der Waals surface area contributed by atoms with Gasteiger partial charge in [-0.1, -0.05) is 43.7 Å². The van der Waals surface area contributed by atoms with Crippen LogP contribution in [0, 0.1) is 6.92 Å². The van der Waals surface area contributed by atoms with Crippen LogP contribution in [0.15, 0.2) is 48.8 Å². The zero-order chi connectivity index (χ0) is 13.7. The molecule has 0 atom stereocenters. The van der Waals surface area contributed by atoms with Crippen LogP contribution in [0.2, 0.25) is 0 Å². The van der Waals surface area contributed by atoms with Crippen LogP contribution in [0.5, 0.6) is 0 Å². The first-order chi connectivity index (χ1) is 9.09. The van der Waals surface area contributed by atoms with Crippen molar-refractivity contribution >= 4 is 0 Å². The zero-order valence-electron chi connectivity index (χ0n) is 12.2. The Bertz CT molecular complexity index is 488. The predicted octanol–water partition coefficient (Wildman–Crippen LogP) is 4.69. The standard InChI is InChI=1S/C13H18.C5H5N/c1-10-6-7-12-11(9-10)5-4-8-13(12,2)3;1-2-4-6-5-3-1/h6-7,9H,4-5,8H2,1-3H3;1-5H. The van der Waals surface area contributed by atoms with Gasteiger partial charge in [0.05, 0.1) is 0 Å². The van der Waals surface area contributed by atoms with Gasteiger partial charge in [-0.3, -0.25) is 4.98 Å². The van der Waals surface area contributed by atoms with E-state index in [1.54, 1.807) is 23.5 Å². The Morgan fingerprint density at radius 2 is 1.79 bits per heavy atom. The summed E-state index contributed by atoms with van der Waals surface area (Å²) in [5, 5.41) is 0. The third kappa shape index (κ3) is 3.66. The van der Waals surface area contributed by atoms with Crippen LogP contribution in [-0.4, -0.2) is 4.98 Å². The average Bonchev–Trinajstić information content (AvgIpc) is 2.40. The number of aryl methyl sites for hydroxylation is 2. The molecule has 2 aromatic rings. The third-order valence-corrected chi connectivity index (χ3v) is 3.80. The minimum atomic E-state index is 0.404. The van der Waals surface area contributed by atoms with Crippen molar-refractivity contribution in [1.82, 2.24) is 4.98 Å². The van der Waals surface area contributed by atoms with Crippen molar-refractivity contribution in [3.8, 4) is 0 Å². The van der Waals surface area contributed by atoms with E-state index in [2.05, 4.69) is 44.0 Å². The maximum atomic E-state index is 3.78. The Morgan fingerprint density at radius 3 is 2.37 bits per heavy atom. The van der Waals surface area contributed by atoms with E-state index in [-0.39, 0.29) is 0 Å². The summed E-state index contributed by atoms with van der Waals surface area (Å²) in [6, 6.07) is 12.6. The van der Waals surface area contributed by atoms with Crippen LogP contribution < -0.4 is 0 Å². The Hall–Kier alpha value is -1.63. The van der Waals surface area contributed by atoms with Crippen molar-refractivity contribution in [1.29, 1.82) is 0 Å². The quantitative estimate of drug-likeness (QED) is 0.663. The van der Waals surface area contributed by atoms with E-state index in [1.165, 1.54) is 24.8 Å². The second-order valence-corrected chi connectivity index (χ2v) is 5.92. The highest BCUT2D eigenvalue weighted by molar-refractivity contribution is 5.38. The Morgan fingerprint density at radius 1 is 1.05 bits per heavy atom. The van der Waals surface area contributed by atoms with E-state index >= 15 is 0 Å². The van der Waals surface area contributed by atoms with Gasteiger partial charge in [0.25, 0.3) is 0 Å². The summed E-state index contributed by atoms with van der Waals surface area (Å²) in [6.45, 7) is 6.91. The highest BCUT2D eigenvalue weighted by Crippen LogP contribution is 2.36. The number of fused-ring (bicyclic) bond motifs is 1. The molecule has 100 valence electrons. The highest BCUT2D eigenvalue weighted by Gasteiger charge is 2.26.